The van der Waals surface area contributed by atoms with Gasteiger partial charge in [0.15, 0.2) is 0 Å². The van der Waals surface area contributed by atoms with Gasteiger partial charge < -0.3 is 9.88 Å². The van der Waals surface area contributed by atoms with Crippen molar-refractivity contribution in [3.05, 3.63) is 35.8 Å². The summed E-state index contributed by atoms with van der Waals surface area (Å²) < 4.78 is 39.8. The van der Waals surface area contributed by atoms with Crippen LogP contribution in [0.15, 0.2) is 18.5 Å². The number of anilines is 1. The van der Waals surface area contributed by atoms with Crippen molar-refractivity contribution in [3.63, 3.8) is 0 Å². The van der Waals surface area contributed by atoms with Gasteiger partial charge in [-0.3, -0.25) is 0 Å². The van der Waals surface area contributed by atoms with Gasteiger partial charge in [-0.25, -0.2) is 9.97 Å². The lowest BCUT2D eigenvalue weighted by molar-refractivity contribution is -0.144. The van der Waals surface area contributed by atoms with Crippen molar-refractivity contribution < 1.29 is 13.2 Å². The van der Waals surface area contributed by atoms with E-state index < -0.39 is 12.0 Å². The zero-order valence-corrected chi connectivity index (χ0v) is 12.7. The molecule has 4 rings (SSSR count). The van der Waals surface area contributed by atoms with E-state index in [9.17, 15) is 13.2 Å². The van der Waals surface area contributed by atoms with Gasteiger partial charge in [0.2, 0.25) is 0 Å². The molecule has 3 aromatic rings. The zero-order chi connectivity index (χ0) is 16.9. The molecule has 24 heavy (non-hydrogen) atoms. The second kappa shape index (κ2) is 5.18. The van der Waals surface area contributed by atoms with Crippen molar-refractivity contribution in [2.75, 3.05) is 18.0 Å². The Kier molecular flexibility index (Phi) is 3.22. The molecule has 1 fully saturated rings. The topological polar surface area (TPSA) is 75.0 Å². The van der Waals surface area contributed by atoms with Crippen LogP contribution in [0, 0.1) is 6.92 Å². The lowest BCUT2D eigenvalue weighted by atomic mass is 10.1. The van der Waals surface area contributed by atoms with Gasteiger partial charge in [-0.2, -0.15) is 22.7 Å². The third kappa shape index (κ3) is 2.47. The molecule has 0 spiro atoms. The lowest BCUT2D eigenvalue weighted by Gasteiger charge is -2.19. The van der Waals surface area contributed by atoms with E-state index in [-0.39, 0.29) is 11.7 Å². The fourth-order valence-corrected chi connectivity index (χ4v) is 3.01. The van der Waals surface area contributed by atoms with Crippen LogP contribution in [0.5, 0.6) is 0 Å². The molecule has 0 radical (unpaired) electrons. The molecule has 7 nitrogen and oxygen atoms in total. The highest BCUT2D eigenvalue weighted by molar-refractivity contribution is 5.49. The van der Waals surface area contributed by atoms with Gasteiger partial charge in [-0.05, 0) is 13.3 Å². The number of aromatic amines is 1. The predicted octanol–water partition coefficient (Wildman–Crippen LogP) is 2.17. The molecule has 0 amide bonds. The predicted molar refractivity (Wildman–Crippen MR) is 78.7 cm³/mol. The van der Waals surface area contributed by atoms with Crippen molar-refractivity contribution in [3.8, 4) is 0 Å². The van der Waals surface area contributed by atoms with Crippen molar-refractivity contribution >= 4 is 11.6 Å². The Morgan fingerprint density at radius 3 is 2.83 bits per heavy atom. The minimum Gasteiger partial charge on any atom is -0.356 e. The molecule has 1 saturated heterocycles. The molecular formula is C14H14F3N7. The number of aryl methyl sites for hydroxylation is 1. The highest BCUT2D eigenvalue weighted by Gasteiger charge is 2.37. The summed E-state index contributed by atoms with van der Waals surface area (Å²) in [5.41, 5.74) is 0.597. The van der Waals surface area contributed by atoms with Crippen LogP contribution in [0.4, 0.5) is 19.0 Å². The quantitative estimate of drug-likeness (QED) is 0.776. The van der Waals surface area contributed by atoms with Gasteiger partial charge in [0.25, 0.3) is 11.6 Å². The Bertz CT molecular complexity index is 869. The Morgan fingerprint density at radius 1 is 1.29 bits per heavy atom. The third-order valence-corrected chi connectivity index (χ3v) is 4.09. The Hall–Kier alpha value is -2.65. The number of halogens is 3. The molecule has 0 bridgehead atoms. The minimum atomic E-state index is -4.60. The van der Waals surface area contributed by atoms with Crippen LogP contribution in [0.25, 0.3) is 5.78 Å². The van der Waals surface area contributed by atoms with Gasteiger partial charge in [0.05, 0.1) is 0 Å². The number of nitrogens with zero attached hydrogens (tertiary/aromatic N) is 6. The zero-order valence-electron chi connectivity index (χ0n) is 12.7. The van der Waals surface area contributed by atoms with Crippen molar-refractivity contribution in [1.29, 1.82) is 0 Å². The Labute approximate surface area is 134 Å². The van der Waals surface area contributed by atoms with Crippen LogP contribution in [0.1, 0.15) is 29.7 Å². The number of hydrogen-bond acceptors (Lipinski definition) is 5. The number of rotatable bonds is 2. The van der Waals surface area contributed by atoms with Crippen LogP contribution in [0.2, 0.25) is 0 Å². The average Bonchev–Trinajstić information content (AvgIpc) is 3.24. The maximum Gasteiger partial charge on any atom is 0.453 e. The first-order valence-corrected chi connectivity index (χ1v) is 7.47. The van der Waals surface area contributed by atoms with Crippen LogP contribution < -0.4 is 4.90 Å². The first kappa shape index (κ1) is 14.9. The Balaban J connectivity index is 1.72. The monoisotopic (exact) mass is 337 g/mol. The molecule has 1 atom stereocenters. The van der Waals surface area contributed by atoms with E-state index in [4.69, 9.17) is 0 Å². The summed E-state index contributed by atoms with van der Waals surface area (Å²) in [5, 5.41) is 3.61. The van der Waals surface area contributed by atoms with Gasteiger partial charge in [-0.15, -0.1) is 5.10 Å². The molecule has 1 aliphatic heterocycles. The van der Waals surface area contributed by atoms with Gasteiger partial charge in [-0.1, -0.05) is 0 Å². The summed E-state index contributed by atoms with van der Waals surface area (Å²) in [6.07, 6.45) is -0.280. The third-order valence-electron chi connectivity index (χ3n) is 4.09. The summed E-state index contributed by atoms with van der Waals surface area (Å²) in [4.78, 5) is 16.9. The smallest absolute Gasteiger partial charge is 0.356 e. The van der Waals surface area contributed by atoms with Crippen molar-refractivity contribution in [2.45, 2.75) is 25.4 Å². The summed E-state index contributed by atoms with van der Waals surface area (Å²) in [5.74, 6) is 0.431. The number of aromatic nitrogens is 6. The molecule has 1 aliphatic rings. The first-order valence-electron chi connectivity index (χ1n) is 7.47. The maximum absolute atomic E-state index is 12.9. The summed E-state index contributed by atoms with van der Waals surface area (Å²) in [7, 11) is 0. The van der Waals surface area contributed by atoms with Crippen LogP contribution >= 0.6 is 0 Å². The second-order valence-electron chi connectivity index (χ2n) is 5.81. The minimum absolute atomic E-state index is 0.0428. The van der Waals surface area contributed by atoms with Crippen molar-refractivity contribution in [2.24, 2.45) is 0 Å². The number of alkyl halides is 3. The van der Waals surface area contributed by atoms with Crippen molar-refractivity contribution in [1.82, 2.24) is 29.5 Å². The van der Waals surface area contributed by atoms with Gasteiger partial charge >= 0.3 is 6.18 Å². The van der Waals surface area contributed by atoms with Crippen LogP contribution in [-0.2, 0) is 6.18 Å². The van der Waals surface area contributed by atoms with E-state index in [1.54, 1.807) is 25.4 Å². The van der Waals surface area contributed by atoms with Crippen LogP contribution in [0.3, 0.4) is 0 Å². The van der Waals surface area contributed by atoms with E-state index >= 15 is 0 Å². The number of nitrogens with one attached hydrogen (secondary N) is 1. The average molecular weight is 337 g/mol. The molecular weight excluding hydrogens is 323 g/mol. The summed E-state index contributed by atoms with van der Waals surface area (Å²) >= 11 is 0. The SMILES string of the molecule is Cc1cc(N2CCC(c3ncc[nH]3)C2)n2nc(C(F)(F)F)nc2n1. The van der Waals surface area contributed by atoms with E-state index in [2.05, 4.69) is 25.0 Å². The molecule has 1 unspecified atom stereocenters. The number of imidazole rings is 1. The number of H-pyrrole nitrogens is 1. The lowest BCUT2D eigenvalue weighted by Crippen LogP contribution is -2.23. The van der Waals surface area contributed by atoms with Gasteiger partial charge in [0.1, 0.15) is 11.6 Å². The Morgan fingerprint density at radius 2 is 2.12 bits per heavy atom. The highest BCUT2D eigenvalue weighted by Crippen LogP contribution is 2.31. The van der Waals surface area contributed by atoms with Crippen LogP contribution in [-0.4, -0.2) is 42.6 Å². The summed E-state index contributed by atoms with van der Waals surface area (Å²) in [6, 6.07) is 1.73. The molecule has 4 heterocycles. The molecule has 10 heteroatoms. The largest absolute Gasteiger partial charge is 0.453 e. The fourth-order valence-electron chi connectivity index (χ4n) is 3.01. The normalized spacial score (nSPS) is 18.7. The molecule has 0 saturated carbocycles. The molecule has 0 aromatic carbocycles. The number of fused-ring (bicyclic) bond motifs is 1. The molecule has 3 aromatic heterocycles. The first-order chi connectivity index (χ1) is 11.4. The van der Waals surface area contributed by atoms with Gasteiger partial charge in [0, 0.05) is 43.2 Å². The second-order valence-corrected chi connectivity index (χ2v) is 5.81. The molecule has 1 N–H and O–H groups in total. The van der Waals surface area contributed by atoms with E-state index in [0.29, 0.717) is 24.6 Å². The van der Waals surface area contributed by atoms with E-state index in [1.807, 2.05) is 4.90 Å². The van der Waals surface area contributed by atoms with E-state index in [1.165, 1.54) is 4.52 Å². The molecule has 0 aliphatic carbocycles. The fraction of sp³-hybridized carbons (Fsp3) is 0.429. The summed E-state index contributed by atoms with van der Waals surface area (Å²) in [6.45, 7) is 3.07. The maximum atomic E-state index is 12.9. The standard InChI is InChI=1S/C14H14F3N7/c1-8-6-10(23-5-2-9(7-23)11-18-3-4-19-11)24-13(20-8)21-12(22-24)14(15,16)17/h3-4,6,9H,2,5,7H2,1H3,(H,18,19). The van der Waals surface area contributed by atoms with E-state index in [0.717, 1.165) is 12.2 Å². The highest BCUT2D eigenvalue weighted by atomic mass is 19.4. The molecule has 126 valence electrons. The number of hydrogen-bond donors (Lipinski definition) is 1.